The normalized spacial score (nSPS) is 16.3. The quantitative estimate of drug-likeness (QED) is 0.632. The van der Waals surface area contributed by atoms with Crippen molar-refractivity contribution in [2.75, 3.05) is 32.8 Å². The molecule has 1 heterocycles. The summed E-state index contributed by atoms with van der Waals surface area (Å²) in [6.07, 6.45) is 0. The Morgan fingerprint density at radius 3 is 2.27 bits per heavy atom. The average molecular weight is 464 g/mol. The van der Waals surface area contributed by atoms with Crippen LogP contribution in [0.1, 0.15) is 35.8 Å². The van der Waals surface area contributed by atoms with Crippen LogP contribution in [0.25, 0.3) is 0 Å². The summed E-state index contributed by atoms with van der Waals surface area (Å²) < 4.78 is 47.2. The molecule has 2 N–H and O–H groups in total. The lowest BCUT2D eigenvalue weighted by atomic mass is 10.0. The van der Waals surface area contributed by atoms with E-state index in [1.165, 1.54) is 12.1 Å². The van der Waals surface area contributed by atoms with Crippen LogP contribution in [0, 0.1) is 23.4 Å². The van der Waals surface area contributed by atoms with Gasteiger partial charge in [-0.3, -0.25) is 14.5 Å². The summed E-state index contributed by atoms with van der Waals surface area (Å²) in [4.78, 5) is 27.6. The van der Waals surface area contributed by atoms with Gasteiger partial charge in [-0.1, -0.05) is 32.0 Å². The van der Waals surface area contributed by atoms with E-state index in [1.807, 2.05) is 0 Å². The van der Waals surface area contributed by atoms with Crippen LogP contribution in [0.4, 0.5) is 13.2 Å². The summed E-state index contributed by atoms with van der Waals surface area (Å²) in [6.45, 7) is 5.89. The second kappa shape index (κ2) is 11.3. The van der Waals surface area contributed by atoms with Gasteiger partial charge in [-0.2, -0.15) is 0 Å². The Balaban J connectivity index is 1.73. The molecule has 0 bridgehead atoms. The number of carbonyl (C=O) groups excluding carboxylic acids is 2. The summed E-state index contributed by atoms with van der Waals surface area (Å²) in [5.74, 6) is -4.24. The Kier molecular flexibility index (Phi) is 8.46. The van der Waals surface area contributed by atoms with E-state index in [2.05, 4.69) is 15.5 Å². The number of hydrogen-bond acceptors (Lipinski definition) is 4. The highest BCUT2D eigenvalue weighted by atomic mass is 19.1. The van der Waals surface area contributed by atoms with Crippen LogP contribution >= 0.6 is 0 Å². The van der Waals surface area contributed by atoms with Gasteiger partial charge in [0.2, 0.25) is 5.91 Å². The molecule has 0 radical (unpaired) electrons. The first-order chi connectivity index (χ1) is 15.8. The third-order valence-corrected chi connectivity index (χ3v) is 5.62. The lowest BCUT2D eigenvalue weighted by Gasteiger charge is -2.35. The monoisotopic (exact) mass is 463 g/mol. The number of carbonyl (C=O) groups is 2. The van der Waals surface area contributed by atoms with Gasteiger partial charge in [-0.15, -0.1) is 0 Å². The van der Waals surface area contributed by atoms with E-state index in [1.54, 1.807) is 26.0 Å². The van der Waals surface area contributed by atoms with Crippen molar-refractivity contribution < 1.29 is 27.5 Å². The Morgan fingerprint density at radius 2 is 1.67 bits per heavy atom. The molecule has 2 aromatic carbocycles. The van der Waals surface area contributed by atoms with Gasteiger partial charge in [0, 0.05) is 19.6 Å². The van der Waals surface area contributed by atoms with Crippen molar-refractivity contribution in [3.8, 4) is 0 Å². The van der Waals surface area contributed by atoms with Crippen molar-refractivity contribution >= 4 is 11.8 Å². The highest BCUT2D eigenvalue weighted by Gasteiger charge is 2.29. The molecule has 6 nitrogen and oxygen atoms in total. The van der Waals surface area contributed by atoms with E-state index >= 15 is 0 Å². The van der Waals surface area contributed by atoms with E-state index < -0.39 is 35.1 Å². The number of benzene rings is 2. The van der Waals surface area contributed by atoms with Crippen LogP contribution in [0.3, 0.4) is 0 Å². The SMILES string of the molecule is CC(C)C(NC(=O)c1c(F)cccc1F)C(=O)NCC(c1cccc(F)c1)N1CCOCC1. The van der Waals surface area contributed by atoms with Crippen molar-refractivity contribution in [1.82, 2.24) is 15.5 Å². The molecular weight excluding hydrogens is 435 g/mol. The van der Waals surface area contributed by atoms with Crippen LogP contribution in [0.5, 0.6) is 0 Å². The standard InChI is InChI=1S/C24H28F3N3O3/c1-15(2)22(29-23(31)21-18(26)7-4-8-19(21)27)24(32)28-14-20(30-9-11-33-12-10-30)16-5-3-6-17(25)13-16/h3-8,13,15,20,22H,9-12,14H2,1-2H3,(H,28,32)(H,29,31). The highest BCUT2D eigenvalue weighted by Crippen LogP contribution is 2.22. The predicted molar refractivity (Wildman–Crippen MR) is 117 cm³/mol. The molecule has 178 valence electrons. The maximum absolute atomic E-state index is 14.0. The molecule has 1 aliphatic rings. The minimum absolute atomic E-state index is 0.162. The largest absolute Gasteiger partial charge is 0.379 e. The third kappa shape index (κ3) is 6.33. The number of morpholine rings is 1. The molecule has 1 saturated heterocycles. The van der Waals surface area contributed by atoms with Gasteiger partial charge in [0.15, 0.2) is 0 Å². The predicted octanol–water partition coefficient (Wildman–Crippen LogP) is 3.05. The summed E-state index contributed by atoms with van der Waals surface area (Å²) in [7, 11) is 0. The van der Waals surface area contributed by atoms with Crippen LogP contribution in [0.2, 0.25) is 0 Å². The van der Waals surface area contributed by atoms with Gasteiger partial charge >= 0.3 is 0 Å². The Labute approximate surface area is 191 Å². The molecule has 2 atom stereocenters. The van der Waals surface area contributed by atoms with Gasteiger partial charge in [0.05, 0.1) is 19.3 Å². The van der Waals surface area contributed by atoms with Crippen molar-refractivity contribution in [2.45, 2.75) is 25.9 Å². The van der Waals surface area contributed by atoms with Gasteiger partial charge in [-0.05, 0) is 35.7 Å². The lowest BCUT2D eigenvalue weighted by Crippen LogP contribution is -2.52. The molecular formula is C24H28F3N3O3. The lowest BCUT2D eigenvalue weighted by molar-refractivity contribution is -0.124. The summed E-state index contributed by atoms with van der Waals surface area (Å²) in [6, 6.07) is 7.97. The Bertz CT molecular complexity index is 960. The molecule has 33 heavy (non-hydrogen) atoms. The van der Waals surface area contributed by atoms with E-state index in [9.17, 15) is 22.8 Å². The molecule has 0 aromatic heterocycles. The van der Waals surface area contributed by atoms with E-state index in [4.69, 9.17) is 4.74 Å². The number of rotatable bonds is 8. The number of nitrogens with one attached hydrogen (secondary N) is 2. The van der Waals surface area contributed by atoms with E-state index in [0.717, 1.165) is 18.2 Å². The zero-order valence-electron chi connectivity index (χ0n) is 18.6. The van der Waals surface area contributed by atoms with Gasteiger partial charge in [0.25, 0.3) is 5.91 Å². The van der Waals surface area contributed by atoms with Gasteiger partial charge in [0.1, 0.15) is 29.1 Å². The Morgan fingerprint density at radius 1 is 1.03 bits per heavy atom. The molecule has 1 fully saturated rings. The van der Waals surface area contributed by atoms with Gasteiger partial charge in [-0.25, -0.2) is 13.2 Å². The fraction of sp³-hybridized carbons (Fsp3) is 0.417. The minimum atomic E-state index is -1.02. The Hall–Kier alpha value is -2.91. The second-order valence-corrected chi connectivity index (χ2v) is 8.26. The minimum Gasteiger partial charge on any atom is -0.379 e. The van der Waals surface area contributed by atoms with Crippen LogP contribution in [-0.2, 0) is 9.53 Å². The van der Waals surface area contributed by atoms with Gasteiger partial charge < -0.3 is 15.4 Å². The first kappa shape index (κ1) is 24.7. The van der Waals surface area contributed by atoms with E-state index in [-0.39, 0.29) is 24.3 Å². The number of amides is 2. The van der Waals surface area contributed by atoms with Crippen LogP contribution in [-0.4, -0.2) is 55.6 Å². The van der Waals surface area contributed by atoms with Crippen molar-refractivity contribution in [3.05, 3.63) is 71.0 Å². The molecule has 9 heteroatoms. The molecule has 3 rings (SSSR count). The van der Waals surface area contributed by atoms with Crippen molar-refractivity contribution in [1.29, 1.82) is 0 Å². The highest BCUT2D eigenvalue weighted by molar-refractivity contribution is 5.98. The van der Waals surface area contributed by atoms with Crippen molar-refractivity contribution in [3.63, 3.8) is 0 Å². The van der Waals surface area contributed by atoms with Crippen LogP contribution in [0.15, 0.2) is 42.5 Å². The maximum Gasteiger partial charge on any atom is 0.257 e. The third-order valence-electron chi connectivity index (χ3n) is 5.62. The molecule has 0 spiro atoms. The molecule has 2 unspecified atom stereocenters. The number of ether oxygens (including phenoxy) is 1. The summed E-state index contributed by atoms with van der Waals surface area (Å²) in [5.41, 5.74) is -0.0299. The fourth-order valence-corrected chi connectivity index (χ4v) is 3.83. The number of nitrogens with zero attached hydrogens (tertiary/aromatic N) is 1. The number of halogens is 3. The second-order valence-electron chi connectivity index (χ2n) is 8.26. The number of hydrogen-bond donors (Lipinski definition) is 2. The summed E-state index contributed by atoms with van der Waals surface area (Å²) in [5, 5.41) is 5.26. The molecule has 0 saturated carbocycles. The van der Waals surface area contributed by atoms with Crippen molar-refractivity contribution in [2.24, 2.45) is 5.92 Å². The molecule has 2 aromatic rings. The zero-order valence-corrected chi connectivity index (χ0v) is 18.6. The van der Waals surface area contributed by atoms with E-state index in [0.29, 0.717) is 31.9 Å². The zero-order chi connectivity index (χ0) is 24.0. The molecule has 0 aliphatic carbocycles. The molecule has 2 amide bonds. The fourth-order valence-electron chi connectivity index (χ4n) is 3.83. The summed E-state index contributed by atoms with van der Waals surface area (Å²) >= 11 is 0. The topological polar surface area (TPSA) is 70.7 Å². The average Bonchev–Trinajstić information content (AvgIpc) is 2.78. The smallest absolute Gasteiger partial charge is 0.257 e. The molecule has 1 aliphatic heterocycles. The first-order valence-corrected chi connectivity index (χ1v) is 10.9. The first-order valence-electron chi connectivity index (χ1n) is 10.9. The maximum atomic E-state index is 14.0. The van der Waals surface area contributed by atoms with Crippen LogP contribution < -0.4 is 10.6 Å².